The van der Waals surface area contributed by atoms with Gasteiger partial charge in [-0.25, -0.2) is 4.98 Å². The number of methoxy groups -OCH3 is 1. The summed E-state index contributed by atoms with van der Waals surface area (Å²) in [5, 5.41) is 15.6. The summed E-state index contributed by atoms with van der Waals surface area (Å²) in [6, 6.07) is 17.2. The van der Waals surface area contributed by atoms with Crippen LogP contribution >= 0.6 is 11.3 Å². The van der Waals surface area contributed by atoms with E-state index in [9.17, 15) is 0 Å². The Morgan fingerprint density at radius 2 is 2.12 bits per heavy atom. The molecule has 0 aliphatic carbocycles. The smallest absolute Gasteiger partial charge is 0.203 e. The summed E-state index contributed by atoms with van der Waals surface area (Å²) < 4.78 is 10.6. The predicted octanol–water partition coefficient (Wildman–Crippen LogP) is 4.17. The van der Waals surface area contributed by atoms with E-state index in [2.05, 4.69) is 15.5 Å². The zero-order valence-electron chi connectivity index (χ0n) is 14.0. The summed E-state index contributed by atoms with van der Waals surface area (Å²) in [7, 11) is 1.57. The van der Waals surface area contributed by atoms with Crippen LogP contribution in [0.2, 0.25) is 0 Å². The molecule has 0 saturated heterocycles. The Morgan fingerprint density at radius 1 is 1.27 bits per heavy atom. The van der Waals surface area contributed by atoms with Crippen LogP contribution in [0.4, 0.5) is 5.13 Å². The molecule has 6 nitrogen and oxygen atoms in total. The van der Waals surface area contributed by atoms with Crippen LogP contribution in [0.25, 0.3) is 11.3 Å². The molecule has 0 bridgehead atoms. The summed E-state index contributed by atoms with van der Waals surface area (Å²) in [6.45, 7) is -0.0473. The van der Waals surface area contributed by atoms with Crippen molar-refractivity contribution >= 4 is 22.7 Å². The van der Waals surface area contributed by atoms with E-state index in [0.717, 1.165) is 16.8 Å². The first-order valence-corrected chi connectivity index (χ1v) is 8.66. The minimum atomic E-state index is -0.0473. The quantitative estimate of drug-likeness (QED) is 0.503. The second kappa shape index (κ2) is 8.65. The van der Waals surface area contributed by atoms with E-state index in [1.165, 1.54) is 11.3 Å². The van der Waals surface area contributed by atoms with E-state index >= 15 is 0 Å². The number of hydrazone groups is 1. The van der Waals surface area contributed by atoms with Crippen LogP contribution in [-0.4, -0.2) is 24.9 Å². The zero-order chi connectivity index (χ0) is 18.2. The first kappa shape index (κ1) is 17.5. The molecule has 0 aliphatic heterocycles. The molecular weight excluding hydrogens is 348 g/mol. The molecule has 0 spiro atoms. The molecule has 3 rings (SSSR count). The van der Waals surface area contributed by atoms with Crippen LogP contribution in [0.5, 0.6) is 11.5 Å². The van der Waals surface area contributed by atoms with E-state index < -0.39 is 0 Å². The molecule has 0 unspecified atom stereocenters. The Morgan fingerprint density at radius 3 is 2.88 bits per heavy atom. The molecular formula is C19H16N4O2S. The van der Waals surface area contributed by atoms with Crippen LogP contribution < -0.4 is 14.9 Å². The number of nitrogens with zero attached hydrogens (tertiary/aromatic N) is 3. The van der Waals surface area contributed by atoms with Crippen LogP contribution in [0.15, 0.2) is 59.0 Å². The number of thiazole rings is 1. The zero-order valence-corrected chi connectivity index (χ0v) is 14.9. The van der Waals surface area contributed by atoms with Crippen LogP contribution in [0, 0.1) is 11.3 Å². The highest BCUT2D eigenvalue weighted by atomic mass is 32.1. The summed E-state index contributed by atoms with van der Waals surface area (Å²) in [5.74, 6) is 1.18. The van der Waals surface area contributed by atoms with Gasteiger partial charge in [0.2, 0.25) is 5.13 Å². The molecule has 1 aromatic heterocycles. The van der Waals surface area contributed by atoms with Gasteiger partial charge >= 0.3 is 0 Å². The number of anilines is 1. The first-order valence-electron chi connectivity index (χ1n) is 7.78. The Labute approximate surface area is 155 Å². The fraction of sp³-hybridized carbons (Fsp3) is 0.105. The minimum Gasteiger partial charge on any atom is -0.497 e. The van der Waals surface area contributed by atoms with Gasteiger partial charge < -0.3 is 9.47 Å². The first-order chi connectivity index (χ1) is 12.8. The van der Waals surface area contributed by atoms with E-state index in [0.29, 0.717) is 16.6 Å². The highest BCUT2D eigenvalue weighted by molar-refractivity contribution is 7.14. The van der Waals surface area contributed by atoms with Crippen molar-refractivity contribution in [3.63, 3.8) is 0 Å². The maximum absolute atomic E-state index is 8.71. The summed E-state index contributed by atoms with van der Waals surface area (Å²) in [6.07, 6.45) is 1.62. The van der Waals surface area contributed by atoms with Gasteiger partial charge in [0.05, 0.1) is 19.0 Å². The third-order valence-electron chi connectivity index (χ3n) is 3.45. The Bertz CT molecular complexity index is 932. The van der Waals surface area contributed by atoms with Gasteiger partial charge in [-0.1, -0.05) is 30.3 Å². The largest absolute Gasteiger partial charge is 0.497 e. The molecule has 0 saturated carbocycles. The lowest BCUT2D eigenvalue weighted by molar-refractivity contribution is 0.361. The lowest BCUT2D eigenvalue weighted by Crippen LogP contribution is -1.99. The van der Waals surface area contributed by atoms with E-state index in [4.69, 9.17) is 14.7 Å². The lowest BCUT2D eigenvalue weighted by atomic mass is 10.2. The van der Waals surface area contributed by atoms with Gasteiger partial charge in [-0.05, 0) is 12.1 Å². The van der Waals surface area contributed by atoms with Gasteiger partial charge in [-0.2, -0.15) is 10.4 Å². The molecule has 1 heterocycles. The molecule has 2 aromatic carbocycles. The topological polar surface area (TPSA) is 79.5 Å². The van der Waals surface area contributed by atoms with Crippen LogP contribution in [0.3, 0.4) is 0 Å². The summed E-state index contributed by atoms with van der Waals surface area (Å²) in [4.78, 5) is 4.51. The maximum atomic E-state index is 8.71. The van der Waals surface area contributed by atoms with Gasteiger partial charge in [-0.15, -0.1) is 11.3 Å². The molecule has 1 N–H and O–H groups in total. The van der Waals surface area contributed by atoms with E-state index in [-0.39, 0.29) is 6.61 Å². The molecule has 0 aliphatic rings. The summed E-state index contributed by atoms with van der Waals surface area (Å²) >= 11 is 1.47. The average Bonchev–Trinajstić information content (AvgIpc) is 3.16. The number of nitrogens with one attached hydrogen (secondary N) is 1. The number of nitriles is 1. The molecule has 130 valence electrons. The maximum Gasteiger partial charge on any atom is 0.203 e. The van der Waals surface area contributed by atoms with Gasteiger partial charge in [0.25, 0.3) is 0 Å². The van der Waals surface area contributed by atoms with E-state index in [1.807, 2.05) is 47.8 Å². The van der Waals surface area contributed by atoms with Gasteiger partial charge in [-0.3, -0.25) is 5.43 Å². The Balaban J connectivity index is 1.71. The van der Waals surface area contributed by atoms with Crippen molar-refractivity contribution in [1.29, 1.82) is 5.26 Å². The second-order valence-corrected chi connectivity index (χ2v) is 5.98. The molecule has 0 fully saturated rings. The Hall–Kier alpha value is -3.37. The minimum absolute atomic E-state index is 0.0473. The standard InChI is InChI=1S/C19H16N4O2S/c1-24-16-8-7-15(18(11-16)25-10-9-20)12-21-23-19-22-17(13-26-19)14-5-3-2-4-6-14/h2-8,11-13H,10H2,1H3,(H,22,23). The lowest BCUT2D eigenvalue weighted by Gasteiger charge is -2.08. The highest BCUT2D eigenvalue weighted by Crippen LogP contribution is 2.25. The molecule has 0 atom stereocenters. The molecule has 0 amide bonds. The highest BCUT2D eigenvalue weighted by Gasteiger charge is 2.05. The van der Waals surface area contributed by atoms with Crippen molar-refractivity contribution in [3.8, 4) is 28.8 Å². The SMILES string of the molecule is COc1ccc(C=NNc2nc(-c3ccccc3)cs2)c(OCC#N)c1. The Kier molecular flexibility index (Phi) is 5.80. The number of hydrogen-bond acceptors (Lipinski definition) is 7. The summed E-state index contributed by atoms with van der Waals surface area (Å²) in [5.41, 5.74) is 5.61. The molecule has 26 heavy (non-hydrogen) atoms. The second-order valence-electron chi connectivity index (χ2n) is 5.12. The number of aromatic nitrogens is 1. The average molecular weight is 364 g/mol. The molecule has 3 aromatic rings. The third-order valence-corrected chi connectivity index (χ3v) is 4.20. The van der Waals surface area contributed by atoms with E-state index in [1.54, 1.807) is 25.5 Å². The predicted molar refractivity (Wildman–Crippen MR) is 103 cm³/mol. The van der Waals surface area contributed by atoms with Gasteiger partial charge in [0.1, 0.15) is 17.6 Å². The molecule has 7 heteroatoms. The normalized spacial score (nSPS) is 10.5. The third kappa shape index (κ3) is 4.37. The van der Waals surface area contributed by atoms with Gasteiger partial charge in [0.15, 0.2) is 6.61 Å². The number of hydrogen-bond donors (Lipinski definition) is 1. The van der Waals surface area contributed by atoms with Gasteiger partial charge in [0, 0.05) is 22.6 Å². The van der Waals surface area contributed by atoms with Crippen molar-refractivity contribution in [2.75, 3.05) is 19.1 Å². The fourth-order valence-corrected chi connectivity index (χ4v) is 2.88. The van der Waals surface area contributed by atoms with Crippen molar-refractivity contribution in [2.24, 2.45) is 5.10 Å². The van der Waals surface area contributed by atoms with Crippen molar-refractivity contribution in [3.05, 3.63) is 59.5 Å². The molecule has 0 radical (unpaired) electrons. The number of ether oxygens (including phenoxy) is 2. The van der Waals surface area contributed by atoms with Crippen LogP contribution in [-0.2, 0) is 0 Å². The van der Waals surface area contributed by atoms with Crippen molar-refractivity contribution in [1.82, 2.24) is 4.98 Å². The number of rotatable bonds is 7. The van der Waals surface area contributed by atoms with Crippen molar-refractivity contribution in [2.45, 2.75) is 0 Å². The van der Waals surface area contributed by atoms with Crippen molar-refractivity contribution < 1.29 is 9.47 Å². The fourth-order valence-electron chi connectivity index (χ4n) is 2.21. The van der Waals surface area contributed by atoms with Crippen LogP contribution in [0.1, 0.15) is 5.56 Å². The number of benzene rings is 2. The monoisotopic (exact) mass is 364 g/mol.